The number of carbonyl (C=O) groups is 1. The number of nitrogens with zero attached hydrogens (tertiary/aromatic N) is 1. The molecular weight excluding hydrogens is 743 g/mol. The van der Waals surface area contributed by atoms with Gasteiger partial charge in [0.2, 0.25) is 0 Å². The second-order valence-corrected chi connectivity index (χ2v) is 17.8. The summed E-state index contributed by atoms with van der Waals surface area (Å²) in [6.07, 6.45) is 16.9. The molecule has 0 amide bonds. The molecule has 9 unspecified atom stereocenters. The van der Waals surface area contributed by atoms with Crippen LogP contribution in [0.2, 0.25) is 0 Å². The minimum atomic E-state index is -0.280. The number of aromatic hydroxyl groups is 2. The predicted octanol–water partition coefficient (Wildman–Crippen LogP) is 6.93. The maximum Gasteiger partial charge on any atom is 0.186 e. The second kappa shape index (κ2) is 19.2. The van der Waals surface area contributed by atoms with E-state index in [0.717, 1.165) is 68.1 Å². The molecule has 0 aromatic heterocycles. The van der Waals surface area contributed by atoms with E-state index in [0.29, 0.717) is 48.7 Å². The van der Waals surface area contributed by atoms with Crippen LogP contribution in [0.3, 0.4) is 0 Å². The predicted molar refractivity (Wildman–Crippen MR) is 230 cm³/mol. The van der Waals surface area contributed by atoms with E-state index in [2.05, 4.69) is 35.9 Å². The molecule has 2 saturated carbocycles. The number of benzene rings is 2. The number of carbonyl (C=O) groups excluding carboxylic acids is 1. The highest BCUT2D eigenvalue weighted by atomic mass is 16.5. The zero-order valence-corrected chi connectivity index (χ0v) is 34.7. The molecule has 0 radical (unpaired) electrons. The van der Waals surface area contributed by atoms with Crippen molar-refractivity contribution in [3.8, 4) is 29.1 Å². The van der Waals surface area contributed by atoms with Crippen LogP contribution in [0, 0.1) is 47.3 Å². The first-order valence-electron chi connectivity index (χ1n) is 21.8. The Bertz CT molecular complexity index is 2020. The molecule has 5 aliphatic carbocycles. The number of nitrogens with two attached hydrogens (primary N) is 2. The maximum absolute atomic E-state index is 13.9. The molecule has 8 N–H and O–H groups in total. The average Bonchev–Trinajstić information content (AvgIpc) is 3.73. The van der Waals surface area contributed by atoms with Gasteiger partial charge in [-0.05, 0) is 135 Å². The van der Waals surface area contributed by atoms with Crippen molar-refractivity contribution in [1.82, 2.24) is 0 Å². The van der Waals surface area contributed by atoms with E-state index in [4.69, 9.17) is 20.9 Å². The molecule has 2 aromatic carbocycles. The Morgan fingerprint density at radius 3 is 2.61 bits per heavy atom. The lowest BCUT2D eigenvalue weighted by Gasteiger charge is -2.49. The van der Waals surface area contributed by atoms with Gasteiger partial charge in [0, 0.05) is 55.4 Å². The van der Waals surface area contributed by atoms with Crippen LogP contribution in [-0.4, -0.2) is 71.2 Å². The first-order chi connectivity index (χ1) is 28.6. The van der Waals surface area contributed by atoms with E-state index in [9.17, 15) is 25.2 Å². The molecule has 5 aliphatic rings. The third-order valence-corrected chi connectivity index (χ3v) is 13.7. The van der Waals surface area contributed by atoms with Crippen molar-refractivity contribution in [3.63, 3.8) is 0 Å². The topological polar surface area (TPSA) is 181 Å². The third kappa shape index (κ3) is 9.59. The number of fused-ring (bicyclic) bond motifs is 6. The number of ether oxygens (including phenoxy) is 2. The van der Waals surface area contributed by atoms with E-state index in [1.165, 1.54) is 5.57 Å². The molecule has 2 aromatic rings. The van der Waals surface area contributed by atoms with Crippen molar-refractivity contribution in [2.45, 2.75) is 108 Å². The average molecular weight is 806 g/mol. The van der Waals surface area contributed by atoms with Gasteiger partial charge in [0.05, 0.1) is 25.4 Å². The Morgan fingerprint density at radius 1 is 1.07 bits per heavy atom. The smallest absolute Gasteiger partial charge is 0.186 e. The van der Waals surface area contributed by atoms with Crippen molar-refractivity contribution in [3.05, 3.63) is 88.0 Å². The van der Waals surface area contributed by atoms with E-state index in [-0.39, 0.29) is 96.4 Å². The zero-order valence-electron chi connectivity index (χ0n) is 34.7. The Morgan fingerprint density at radius 2 is 1.88 bits per heavy atom. The Labute approximate surface area is 349 Å². The maximum atomic E-state index is 13.9. The van der Waals surface area contributed by atoms with Gasteiger partial charge in [-0.15, -0.1) is 0 Å². The largest absolute Gasteiger partial charge is 0.508 e. The minimum Gasteiger partial charge on any atom is -0.508 e. The van der Waals surface area contributed by atoms with Gasteiger partial charge in [0.1, 0.15) is 5.75 Å². The SMILES string of the molecule is COCC1C2C=C3C(c4cccc(O)c4)CC(C)CC3C1c1c(O)c(OC3CCCC3)cc(CCC(=O)C=C(CO)C3CCC=CC3CO)c1C#CCC(N=C(N)N)C2. The van der Waals surface area contributed by atoms with E-state index < -0.39 is 0 Å². The van der Waals surface area contributed by atoms with Crippen LogP contribution in [0.5, 0.6) is 17.2 Å². The van der Waals surface area contributed by atoms with Gasteiger partial charge in [-0.2, -0.15) is 0 Å². The molecule has 59 heavy (non-hydrogen) atoms. The van der Waals surface area contributed by atoms with Crippen LogP contribution in [0.1, 0.15) is 112 Å². The molecule has 0 aliphatic heterocycles. The number of aliphatic hydroxyl groups is 2. The lowest BCUT2D eigenvalue weighted by atomic mass is 9.55. The van der Waals surface area contributed by atoms with Crippen LogP contribution >= 0.6 is 0 Å². The highest BCUT2D eigenvalue weighted by molar-refractivity contribution is 5.90. The summed E-state index contributed by atoms with van der Waals surface area (Å²) in [5.41, 5.74) is 17.3. The molecule has 2 bridgehead atoms. The molecule has 10 nitrogen and oxygen atoms in total. The van der Waals surface area contributed by atoms with Gasteiger partial charge in [-0.25, -0.2) is 4.99 Å². The van der Waals surface area contributed by atoms with E-state index >= 15 is 0 Å². The molecule has 0 spiro atoms. The number of allylic oxidation sites excluding steroid dienone is 4. The molecule has 0 heterocycles. The number of guanidine groups is 1. The number of hydrogen-bond acceptors (Lipinski definition) is 8. The fraction of sp³-hybridized carbons (Fsp3) is 0.551. The summed E-state index contributed by atoms with van der Waals surface area (Å²) in [4.78, 5) is 18.5. The van der Waals surface area contributed by atoms with E-state index in [1.807, 2.05) is 30.4 Å². The number of methoxy groups -OCH3 is 1. The van der Waals surface area contributed by atoms with Crippen molar-refractivity contribution >= 4 is 11.7 Å². The van der Waals surface area contributed by atoms with Crippen LogP contribution in [0.4, 0.5) is 0 Å². The number of phenols is 2. The quantitative estimate of drug-likeness (QED) is 0.0411. The fourth-order valence-corrected chi connectivity index (χ4v) is 11.1. The Hall–Kier alpha value is -4.56. The van der Waals surface area contributed by atoms with Gasteiger partial charge in [-0.3, -0.25) is 4.79 Å². The monoisotopic (exact) mass is 805 g/mol. The number of hydrogen-bond donors (Lipinski definition) is 6. The van der Waals surface area contributed by atoms with Gasteiger partial charge >= 0.3 is 0 Å². The van der Waals surface area contributed by atoms with Crippen molar-refractivity contribution < 1.29 is 34.7 Å². The molecular formula is C49H63N3O7. The van der Waals surface area contributed by atoms with Crippen LogP contribution in [0.25, 0.3) is 0 Å². The lowest BCUT2D eigenvalue weighted by molar-refractivity contribution is -0.114. The number of aliphatic imine (C=N–C) groups is 1. The van der Waals surface area contributed by atoms with Gasteiger partial charge in [0.25, 0.3) is 0 Å². The number of aliphatic hydroxyl groups excluding tert-OH is 2. The number of aryl methyl sites for hydroxylation is 1. The standard InChI is InChI=1S/C49H63N3O7/c1-29-19-41(30-10-7-12-36(55)22-30)42-24-33-21-35(52-49(50)51)11-8-16-40-31(17-18-37(56)23-34(27-54)39-15-6-3-9-32(39)26-53)25-45(59-38-13-4-5-14-38)48(57)47(40)46(43(42)20-29)44(33)28-58-2/h3,7,9-10,12,22-25,29,32-33,35,38-39,41,43-44,46,53-55,57H,4-6,11,13-15,17-21,26-28H2,1-2H3,(H4,50,51,52). The Kier molecular flexibility index (Phi) is 13.9. The summed E-state index contributed by atoms with van der Waals surface area (Å²) in [6.45, 7) is 2.43. The number of phenolic OH excluding ortho intramolecular Hbond substituents is 2. The molecule has 2 fully saturated rings. The lowest BCUT2D eigenvalue weighted by Crippen LogP contribution is -2.41. The second-order valence-electron chi connectivity index (χ2n) is 17.8. The molecule has 316 valence electrons. The van der Waals surface area contributed by atoms with Crippen LogP contribution in [0.15, 0.2) is 70.8 Å². The zero-order chi connectivity index (χ0) is 41.6. The summed E-state index contributed by atoms with van der Waals surface area (Å²) in [6, 6.07) is 9.21. The van der Waals surface area contributed by atoms with E-state index in [1.54, 1.807) is 19.3 Å². The first-order valence-corrected chi connectivity index (χ1v) is 21.8. The minimum absolute atomic E-state index is 0.00924. The molecule has 10 heteroatoms. The summed E-state index contributed by atoms with van der Waals surface area (Å²) in [5, 5.41) is 43.8. The molecule has 7 rings (SSSR count). The van der Waals surface area contributed by atoms with Gasteiger partial charge < -0.3 is 41.4 Å². The van der Waals surface area contributed by atoms with Crippen molar-refractivity contribution in [2.24, 2.45) is 52.0 Å². The highest BCUT2D eigenvalue weighted by Crippen LogP contribution is 2.59. The fourth-order valence-electron chi connectivity index (χ4n) is 11.1. The molecule has 9 atom stereocenters. The third-order valence-electron chi connectivity index (χ3n) is 13.7. The summed E-state index contributed by atoms with van der Waals surface area (Å²) in [5.74, 6) is 7.46. The number of rotatable bonds is 13. The van der Waals surface area contributed by atoms with Crippen molar-refractivity contribution in [1.29, 1.82) is 0 Å². The molecule has 0 saturated heterocycles. The normalized spacial score (nSPS) is 29.3. The summed E-state index contributed by atoms with van der Waals surface area (Å²) < 4.78 is 12.8. The highest BCUT2D eigenvalue weighted by Gasteiger charge is 2.48. The van der Waals surface area contributed by atoms with Crippen molar-refractivity contribution in [2.75, 3.05) is 26.9 Å². The first kappa shape index (κ1) is 42.6. The van der Waals surface area contributed by atoms with Gasteiger partial charge in [-0.1, -0.05) is 54.7 Å². The van der Waals surface area contributed by atoms with Gasteiger partial charge in [0.15, 0.2) is 23.2 Å². The summed E-state index contributed by atoms with van der Waals surface area (Å²) >= 11 is 0. The number of ketones is 1. The van der Waals surface area contributed by atoms with Crippen LogP contribution in [-0.2, 0) is 16.0 Å². The summed E-state index contributed by atoms with van der Waals surface area (Å²) in [7, 11) is 1.73. The van der Waals surface area contributed by atoms with Crippen LogP contribution < -0.4 is 16.2 Å². The Balaban J connectivity index is 1.39.